The van der Waals surface area contributed by atoms with Crippen LogP contribution in [0.25, 0.3) is 0 Å². The van der Waals surface area contributed by atoms with Crippen LogP contribution in [0.3, 0.4) is 0 Å². The number of esters is 1. The van der Waals surface area contributed by atoms with Crippen molar-refractivity contribution in [1.82, 2.24) is 14.7 Å². The predicted molar refractivity (Wildman–Crippen MR) is 172 cm³/mol. The van der Waals surface area contributed by atoms with E-state index in [2.05, 4.69) is 41.1 Å². The Kier molecular flexibility index (Phi) is 12.4. The molecule has 1 aliphatic heterocycles. The van der Waals surface area contributed by atoms with Crippen molar-refractivity contribution in [2.24, 2.45) is 0 Å². The van der Waals surface area contributed by atoms with Crippen molar-refractivity contribution in [2.75, 3.05) is 64.8 Å². The third kappa shape index (κ3) is 9.44. The van der Waals surface area contributed by atoms with Crippen LogP contribution in [-0.2, 0) is 9.47 Å². The summed E-state index contributed by atoms with van der Waals surface area (Å²) in [5.74, 6) is -0.329. The highest BCUT2D eigenvalue weighted by molar-refractivity contribution is 5.93. The van der Waals surface area contributed by atoms with E-state index in [9.17, 15) is 14.4 Å². The van der Waals surface area contributed by atoms with Crippen molar-refractivity contribution in [3.63, 3.8) is 0 Å². The minimum absolute atomic E-state index is 0.129. The number of methoxy groups -OCH3 is 1. The van der Waals surface area contributed by atoms with E-state index in [0.29, 0.717) is 37.4 Å². The van der Waals surface area contributed by atoms with Gasteiger partial charge in [-0.1, -0.05) is 79.4 Å². The highest BCUT2D eigenvalue weighted by Gasteiger charge is 2.23. The average molecular weight is 599 g/mol. The predicted octanol–water partition coefficient (Wildman–Crippen LogP) is 5.86. The van der Waals surface area contributed by atoms with Gasteiger partial charge in [0.25, 0.3) is 0 Å². The Morgan fingerprint density at radius 1 is 0.909 bits per heavy atom. The summed E-state index contributed by atoms with van der Waals surface area (Å²) in [6, 6.07) is 27.3. The number of hydrogen-bond acceptors (Lipinski definition) is 6. The number of piperazine rings is 1. The van der Waals surface area contributed by atoms with Crippen LogP contribution >= 0.6 is 0 Å². The summed E-state index contributed by atoms with van der Waals surface area (Å²) in [7, 11) is 1.33. The fourth-order valence-corrected chi connectivity index (χ4v) is 5.40. The normalized spacial score (nSPS) is 13.3. The molecule has 0 saturated carbocycles. The van der Waals surface area contributed by atoms with Gasteiger partial charge in [0.2, 0.25) is 0 Å². The van der Waals surface area contributed by atoms with Crippen LogP contribution < -0.4 is 5.32 Å². The van der Waals surface area contributed by atoms with Gasteiger partial charge in [0, 0.05) is 50.9 Å². The largest absolute Gasteiger partial charge is 0.465 e. The number of urea groups is 1. The van der Waals surface area contributed by atoms with Crippen LogP contribution in [0.1, 0.15) is 40.2 Å². The molecule has 3 amide bonds. The monoisotopic (exact) mass is 598 g/mol. The molecule has 3 aromatic rings. The maximum atomic E-state index is 13.7. The van der Waals surface area contributed by atoms with Gasteiger partial charge in [0.1, 0.15) is 6.61 Å². The topological polar surface area (TPSA) is 91.4 Å². The molecule has 0 unspecified atom stereocenters. The molecule has 0 aliphatic carbocycles. The first-order valence-corrected chi connectivity index (χ1v) is 15.1. The minimum Gasteiger partial charge on any atom is -0.465 e. The maximum Gasteiger partial charge on any atom is 0.410 e. The molecular weight excluding hydrogens is 556 g/mol. The van der Waals surface area contributed by atoms with Crippen LogP contribution in [0.15, 0.2) is 97.6 Å². The quantitative estimate of drug-likeness (QED) is 0.196. The molecule has 1 fully saturated rings. The fraction of sp³-hybridized carbons (Fsp3) is 0.343. The maximum absolute atomic E-state index is 13.7. The first kappa shape index (κ1) is 32.3. The zero-order valence-electron chi connectivity index (χ0n) is 25.4. The number of carbonyl (C=O) groups is 3. The van der Waals surface area contributed by atoms with Crippen molar-refractivity contribution in [2.45, 2.75) is 18.8 Å². The number of nitrogens with zero attached hydrogens (tertiary/aromatic N) is 3. The molecule has 1 heterocycles. The van der Waals surface area contributed by atoms with Gasteiger partial charge in [-0.2, -0.15) is 0 Å². The lowest BCUT2D eigenvalue weighted by molar-refractivity contribution is 0.0600. The Balaban J connectivity index is 1.42. The number of nitrogens with one attached hydrogen (secondary N) is 1. The number of hydrogen-bond donors (Lipinski definition) is 1. The molecule has 0 spiro atoms. The van der Waals surface area contributed by atoms with Crippen molar-refractivity contribution in [3.05, 3.63) is 114 Å². The van der Waals surface area contributed by atoms with E-state index in [1.165, 1.54) is 18.2 Å². The van der Waals surface area contributed by atoms with E-state index in [0.717, 1.165) is 32.5 Å². The fourth-order valence-electron chi connectivity index (χ4n) is 5.40. The smallest absolute Gasteiger partial charge is 0.410 e. The van der Waals surface area contributed by atoms with E-state index in [1.54, 1.807) is 35.2 Å². The van der Waals surface area contributed by atoms with Gasteiger partial charge >= 0.3 is 18.1 Å². The van der Waals surface area contributed by atoms with Crippen molar-refractivity contribution in [3.8, 4) is 0 Å². The van der Waals surface area contributed by atoms with Crippen LogP contribution in [0.4, 0.5) is 15.3 Å². The SMILES string of the molecule is C=CCOC(=O)N1CCN(CCCN(CCC(c2ccccc2)c2ccccc2)C(=O)Nc2cccc(C(=O)OC)c2)CC1. The lowest BCUT2D eigenvalue weighted by Gasteiger charge is -2.34. The standard InChI is InChI=1S/C35H42N4O5/c1-3-26-44-35(42)39-24-22-37(23-25-39)19-11-20-38(34(41)36-31-17-10-16-30(27-31)33(40)43-2)21-18-32(28-12-6-4-7-13-28)29-14-8-5-9-15-29/h3-10,12-17,27,32H,1,11,18-26H2,2H3,(H,36,41). The number of carbonyl (C=O) groups excluding carboxylic acids is 3. The van der Waals surface area contributed by atoms with Crippen LogP contribution in [-0.4, -0.2) is 92.3 Å². The number of benzene rings is 3. The van der Waals surface area contributed by atoms with Gasteiger partial charge in [-0.25, -0.2) is 14.4 Å². The van der Waals surface area contributed by atoms with Crippen molar-refractivity contribution < 1.29 is 23.9 Å². The third-order valence-corrected chi connectivity index (χ3v) is 7.77. The molecule has 1 saturated heterocycles. The van der Waals surface area contributed by atoms with Gasteiger partial charge in [0.05, 0.1) is 12.7 Å². The second kappa shape index (κ2) is 16.9. The number of anilines is 1. The van der Waals surface area contributed by atoms with E-state index >= 15 is 0 Å². The van der Waals surface area contributed by atoms with Gasteiger partial charge < -0.3 is 24.6 Å². The molecule has 9 heteroatoms. The summed E-state index contributed by atoms with van der Waals surface area (Å²) >= 11 is 0. The van der Waals surface area contributed by atoms with Gasteiger partial charge in [0.15, 0.2) is 0 Å². The highest BCUT2D eigenvalue weighted by atomic mass is 16.6. The molecule has 0 atom stereocenters. The Morgan fingerprint density at radius 2 is 1.57 bits per heavy atom. The van der Waals surface area contributed by atoms with E-state index in [-0.39, 0.29) is 24.6 Å². The Morgan fingerprint density at radius 3 is 2.18 bits per heavy atom. The molecule has 44 heavy (non-hydrogen) atoms. The number of amides is 3. The molecule has 1 aliphatic rings. The summed E-state index contributed by atoms with van der Waals surface area (Å²) in [5, 5.41) is 2.99. The molecule has 0 radical (unpaired) electrons. The summed E-state index contributed by atoms with van der Waals surface area (Å²) < 4.78 is 10.0. The molecule has 232 valence electrons. The summed E-state index contributed by atoms with van der Waals surface area (Å²) in [4.78, 5) is 43.7. The van der Waals surface area contributed by atoms with E-state index < -0.39 is 5.97 Å². The van der Waals surface area contributed by atoms with Crippen LogP contribution in [0, 0.1) is 0 Å². The molecular formula is C35H42N4O5. The van der Waals surface area contributed by atoms with Gasteiger partial charge in [-0.05, 0) is 48.7 Å². The summed E-state index contributed by atoms with van der Waals surface area (Å²) in [5.41, 5.74) is 3.31. The second-order valence-corrected chi connectivity index (χ2v) is 10.7. The molecule has 0 aromatic heterocycles. The minimum atomic E-state index is -0.458. The number of rotatable bonds is 13. The Labute approximate surface area is 260 Å². The zero-order chi connectivity index (χ0) is 31.1. The lowest BCUT2D eigenvalue weighted by Crippen LogP contribution is -2.49. The zero-order valence-corrected chi connectivity index (χ0v) is 25.4. The Bertz CT molecular complexity index is 1320. The van der Waals surface area contributed by atoms with Gasteiger partial charge in [-0.3, -0.25) is 4.90 Å². The van der Waals surface area contributed by atoms with Crippen LogP contribution in [0.2, 0.25) is 0 Å². The first-order valence-electron chi connectivity index (χ1n) is 15.1. The van der Waals surface area contributed by atoms with Gasteiger partial charge in [-0.15, -0.1) is 0 Å². The molecule has 1 N–H and O–H groups in total. The molecule has 9 nitrogen and oxygen atoms in total. The molecule has 4 rings (SSSR count). The number of ether oxygens (including phenoxy) is 2. The lowest BCUT2D eigenvalue weighted by atomic mass is 9.88. The van der Waals surface area contributed by atoms with E-state index in [1.807, 2.05) is 41.3 Å². The summed E-state index contributed by atoms with van der Waals surface area (Å²) in [6.07, 6.45) is 2.77. The van der Waals surface area contributed by atoms with Crippen molar-refractivity contribution in [1.29, 1.82) is 0 Å². The highest BCUT2D eigenvalue weighted by Crippen LogP contribution is 2.28. The van der Waals surface area contributed by atoms with E-state index in [4.69, 9.17) is 9.47 Å². The van der Waals surface area contributed by atoms with Crippen LogP contribution in [0.5, 0.6) is 0 Å². The second-order valence-electron chi connectivity index (χ2n) is 10.7. The third-order valence-electron chi connectivity index (χ3n) is 7.77. The summed E-state index contributed by atoms with van der Waals surface area (Å²) in [6.45, 7) is 8.40. The molecule has 3 aromatic carbocycles. The molecule has 0 bridgehead atoms. The average Bonchev–Trinajstić information content (AvgIpc) is 3.07. The Hall–Kier alpha value is -4.63. The first-order chi connectivity index (χ1) is 21.5. The van der Waals surface area contributed by atoms with Crippen molar-refractivity contribution >= 4 is 23.8 Å².